The van der Waals surface area contributed by atoms with Crippen molar-refractivity contribution in [1.29, 1.82) is 0 Å². The Morgan fingerprint density at radius 1 is 1.07 bits per heavy atom. The molecular weight excluding hydrogens is 600 g/mol. The van der Waals surface area contributed by atoms with Crippen LogP contribution in [-0.4, -0.2) is 61.3 Å². The zero-order valence-electron chi connectivity index (χ0n) is 26.9. The molecule has 9 heteroatoms. The lowest BCUT2D eigenvalue weighted by Gasteiger charge is -2.65. The number of likely N-dealkylation sites (tertiary alicyclic amines) is 1. The van der Waals surface area contributed by atoms with E-state index in [-0.39, 0.29) is 23.5 Å². The molecule has 2 fully saturated rings. The third-order valence-electron chi connectivity index (χ3n) is 10.8. The maximum atomic E-state index is 13.9. The van der Waals surface area contributed by atoms with Crippen molar-refractivity contribution in [3.05, 3.63) is 94.5 Å². The van der Waals surface area contributed by atoms with Gasteiger partial charge in [-0.15, -0.1) is 0 Å². The first-order valence-electron chi connectivity index (χ1n) is 16.6. The van der Waals surface area contributed by atoms with Gasteiger partial charge in [-0.05, 0) is 79.3 Å². The third-order valence-corrected chi connectivity index (χ3v) is 12.2. The van der Waals surface area contributed by atoms with Crippen LogP contribution < -0.4 is 9.46 Å². The lowest BCUT2D eigenvalue weighted by atomic mass is 9.48. The summed E-state index contributed by atoms with van der Waals surface area (Å²) < 4.78 is 44.0. The fourth-order valence-electron chi connectivity index (χ4n) is 9.19. The molecule has 4 aliphatic rings. The van der Waals surface area contributed by atoms with Crippen molar-refractivity contribution >= 4 is 16.0 Å². The number of sulfonamides is 1. The lowest BCUT2D eigenvalue weighted by Crippen LogP contribution is -2.79. The standard InChI is InChI=1S/C37H44N2O6S/c1-24(2)21-27-11-7-8-12-29(27)23-46(42,43)38-30-15-17-37(45-25(3)40)32-22-28-13-14-31(41)34-33(28)36(37,35(30)44-34)18-20-39(32)19-16-26-9-5-4-6-10-26/h4-14,24,30,32,35,38,41H,15-23H2,1-3H3/t30-,32-,35+,36+,37-/m1/s1. The van der Waals surface area contributed by atoms with Crippen LogP contribution in [0.25, 0.3) is 0 Å². The Morgan fingerprint density at radius 3 is 2.54 bits per heavy atom. The van der Waals surface area contributed by atoms with Crippen LogP contribution in [0, 0.1) is 5.92 Å². The molecular formula is C37H44N2O6S. The first kappa shape index (κ1) is 31.2. The van der Waals surface area contributed by atoms with Gasteiger partial charge in [0.2, 0.25) is 10.0 Å². The smallest absolute Gasteiger partial charge is 0.303 e. The predicted octanol–water partition coefficient (Wildman–Crippen LogP) is 5.05. The number of hydrogen-bond acceptors (Lipinski definition) is 7. The minimum Gasteiger partial charge on any atom is -0.504 e. The van der Waals surface area contributed by atoms with E-state index in [1.807, 2.05) is 36.4 Å². The van der Waals surface area contributed by atoms with Crippen LogP contribution in [0.5, 0.6) is 11.5 Å². The number of phenols is 1. The highest BCUT2D eigenvalue weighted by Crippen LogP contribution is 2.66. The highest BCUT2D eigenvalue weighted by atomic mass is 32.2. The van der Waals surface area contributed by atoms with Crippen molar-refractivity contribution in [3.8, 4) is 11.5 Å². The quantitative estimate of drug-likeness (QED) is 0.298. The molecule has 46 heavy (non-hydrogen) atoms. The van der Waals surface area contributed by atoms with Crippen LogP contribution >= 0.6 is 0 Å². The van der Waals surface area contributed by atoms with Crippen molar-refractivity contribution in [2.24, 2.45) is 5.92 Å². The van der Waals surface area contributed by atoms with E-state index in [0.29, 0.717) is 37.4 Å². The van der Waals surface area contributed by atoms with E-state index in [0.717, 1.165) is 48.2 Å². The Labute approximate surface area is 272 Å². The molecule has 2 heterocycles. The summed E-state index contributed by atoms with van der Waals surface area (Å²) in [6, 6.07) is 21.1. The summed E-state index contributed by atoms with van der Waals surface area (Å²) in [6.07, 6.45) is 3.25. The number of rotatable bonds is 10. The van der Waals surface area contributed by atoms with Crippen LogP contribution in [-0.2, 0) is 50.0 Å². The Morgan fingerprint density at radius 2 is 1.80 bits per heavy atom. The molecule has 8 nitrogen and oxygen atoms in total. The average molecular weight is 645 g/mol. The first-order chi connectivity index (χ1) is 22.0. The van der Waals surface area contributed by atoms with Crippen molar-refractivity contribution in [3.63, 3.8) is 0 Å². The number of phenolic OH excluding ortho intramolecular Hbond substituents is 1. The number of hydrogen-bond donors (Lipinski definition) is 2. The molecule has 0 radical (unpaired) electrons. The molecule has 2 N–H and O–H groups in total. The number of carbonyl (C=O) groups is 1. The number of aromatic hydroxyl groups is 1. The summed E-state index contributed by atoms with van der Waals surface area (Å²) in [5, 5.41) is 11.1. The van der Waals surface area contributed by atoms with E-state index >= 15 is 0 Å². The lowest BCUT2D eigenvalue weighted by molar-refractivity contribution is -0.218. The number of carbonyl (C=O) groups excluding carboxylic acids is 1. The van der Waals surface area contributed by atoms with Gasteiger partial charge >= 0.3 is 5.97 Å². The third kappa shape index (κ3) is 5.11. The topological polar surface area (TPSA) is 105 Å². The number of esters is 1. The summed E-state index contributed by atoms with van der Waals surface area (Å²) >= 11 is 0. The van der Waals surface area contributed by atoms with Crippen LogP contribution in [0.3, 0.4) is 0 Å². The van der Waals surface area contributed by atoms with Gasteiger partial charge in [-0.2, -0.15) is 0 Å². The highest BCUT2D eigenvalue weighted by molar-refractivity contribution is 7.88. The Kier molecular flexibility index (Phi) is 7.93. The average Bonchev–Trinajstić information content (AvgIpc) is 3.36. The zero-order chi connectivity index (χ0) is 32.3. The van der Waals surface area contributed by atoms with Gasteiger partial charge in [-0.25, -0.2) is 13.1 Å². The Bertz CT molecular complexity index is 1740. The van der Waals surface area contributed by atoms with Crippen LogP contribution in [0.15, 0.2) is 66.7 Å². The monoisotopic (exact) mass is 644 g/mol. The van der Waals surface area contributed by atoms with Gasteiger partial charge in [-0.3, -0.25) is 9.69 Å². The predicted molar refractivity (Wildman–Crippen MR) is 176 cm³/mol. The van der Waals surface area contributed by atoms with Gasteiger partial charge in [0.1, 0.15) is 11.7 Å². The largest absolute Gasteiger partial charge is 0.504 e. The second kappa shape index (κ2) is 11.7. The molecule has 2 bridgehead atoms. The van der Waals surface area contributed by atoms with E-state index < -0.39 is 33.2 Å². The number of piperidine rings is 1. The van der Waals surface area contributed by atoms with Gasteiger partial charge in [0.05, 0.1) is 23.3 Å². The molecule has 3 aromatic carbocycles. The SMILES string of the molecule is CC(=O)O[C@@]12CC[C@@H](NS(=O)(=O)Cc3ccccc3CC(C)C)[C@@H]3Oc4c(O)ccc5c4[C@@]31CCN(CCc1ccccc1)[C@@H]2C5. The van der Waals surface area contributed by atoms with Gasteiger partial charge in [0, 0.05) is 19.0 Å². The van der Waals surface area contributed by atoms with Crippen molar-refractivity contribution in [2.45, 2.75) is 94.3 Å². The molecule has 0 aromatic heterocycles. The number of nitrogens with zero attached hydrogens (tertiary/aromatic N) is 1. The van der Waals surface area contributed by atoms with Crippen LogP contribution in [0.2, 0.25) is 0 Å². The molecule has 1 spiro atoms. The Balaban J connectivity index is 1.25. The molecule has 244 valence electrons. The summed E-state index contributed by atoms with van der Waals surface area (Å²) in [5.41, 5.74) is 3.33. The normalized spacial score (nSPS) is 28.0. The zero-order valence-corrected chi connectivity index (χ0v) is 27.7. The maximum Gasteiger partial charge on any atom is 0.303 e. The maximum absolute atomic E-state index is 13.9. The fourth-order valence-corrected chi connectivity index (χ4v) is 10.7. The summed E-state index contributed by atoms with van der Waals surface area (Å²) in [5.74, 6) is 0.359. The van der Waals surface area contributed by atoms with Crippen LogP contribution in [0.1, 0.15) is 67.9 Å². The molecule has 7 rings (SSSR count). The molecule has 5 atom stereocenters. The molecule has 0 amide bonds. The Hall–Kier alpha value is -3.40. The van der Waals surface area contributed by atoms with Crippen molar-refractivity contribution in [2.75, 3.05) is 13.1 Å². The second-order valence-corrected chi connectivity index (χ2v) is 15.8. The van der Waals surface area contributed by atoms with E-state index in [4.69, 9.17) is 9.47 Å². The summed E-state index contributed by atoms with van der Waals surface area (Å²) in [7, 11) is -3.77. The fraction of sp³-hybridized carbons (Fsp3) is 0.486. The first-order valence-corrected chi connectivity index (χ1v) is 18.2. The van der Waals surface area contributed by atoms with Crippen LogP contribution in [0.4, 0.5) is 0 Å². The molecule has 1 saturated heterocycles. The van der Waals surface area contributed by atoms with Crippen molar-refractivity contribution < 1.29 is 27.8 Å². The van der Waals surface area contributed by atoms with E-state index in [9.17, 15) is 18.3 Å². The number of benzene rings is 3. The molecule has 0 unspecified atom stereocenters. The van der Waals surface area contributed by atoms with E-state index in [1.54, 1.807) is 6.07 Å². The number of ether oxygens (including phenoxy) is 2. The van der Waals surface area contributed by atoms with Crippen molar-refractivity contribution in [1.82, 2.24) is 9.62 Å². The highest BCUT2D eigenvalue weighted by Gasteiger charge is 2.75. The second-order valence-electron chi connectivity index (χ2n) is 14.1. The minimum atomic E-state index is -3.77. The number of nitrogens with one attached hydrogen (secondary N) is 1. The summed E-state index contributed by atoms with van der Waals surface area (Å²) in [4.78, 5) is 15.4. The van der Waals surface area contributed by atoms with Gasteiger partial charge in [0.15, 0.2) is 11.5 Å². The minimum absolute atomic E-state index is 0.0356. The molecule has 3 aromatic rings. The summed E-state index contributed by atoms with van der Waals surface area (Å²) in [6.45, 7) is 7.28. The molecule has 2 aliphatic carbocycles. The molecule has 2 aliphatic heterocycles. The van der Waals surface area contributed by atoms with Gasteiger partial charge in [-0.1, -0.05) is 74.5 Å². The van der Waals surface area contributed by atoms with E-state index in [2.05, 4.69) is 47.7 Å². The van der Waals surface area contributed by atoms with E-state index in [1.165, 1.54) is 12.5 Å². The molecule has 1 saturated carbocycles. The van der Waals surface area contributed by atoms with Gasteiger partial charge in [0.25, 0.3) is 0 Å². The van der Waals surface area contributed by atoms with Gasteiger partial charge < -0.3 is 14.6 Å².